The molecule has 1 aromatic heterocycles. The van der Waals surface area contributed by atoms with E-state index in [1.54, 1.807) is 4.80 Å². The van der Waals surface area contributed by atoms with Crippen LogP contribution < -0.4 is 5.32 Å². The van der Waals surface area contributed by atoms with Crippen molar-refractivity contribution in [2.45, 2.75) is 44.7 Å². The standard InChI is InChI=1S/C17H24N4O/c22-13-14-7-3-1-6-10-17(14)18-11-15-12-19-21(20-15)16-8-4-2-5-9-16/h2,4-5,8-9,12,14,17-18,22H,1,3,6-7,10-11,13H2. The Hall–Kier alpha value is -1.72. The highest BCUT2D eigenvalue weighted by molar-refractivity contribution is 5.28. The van der Waals surface area contributed by atoms with Crippen LogP contribution in [0.5, 0.6) is 0 Å². The summed E-state index contributed by atoms with van der Waals surface area (Å²) in [5.74, 6) is 0.367. The Kier molecular flexibility index (Phi) is 5.19. The first kappa shape index (κ1) is 15.2. The first-order valence-corrected chi connectivity index (χ1v) is 8.17. The van der Waals surface area contributed by atoms with Crippen LogP contribution in [0.3, 0.4) is 0 Å². The number of benzene rings is 1. The first-order valence-electron chi connectivity index (χ1n) is 8.17. The van der Waals surface area contributed by atoms with Crippen molar-refractivity contribution in [3.05, 3.63) is 42.2 Å². The Morgan fingerprint density at radius 2 is 1.95 bits per heavy atom. The number of nitrogens with one attached hydrogen (secondary N) is 1. The van der Waals surface area contributed by atoms with Crippen LogP contribution in [0.25, 0.3) is 5.69 Å². The maximum absolute atomic E-state index is 9.56. The van der Waals surface area contributed by atoms with Gasteiger partial charge in [-0.3, -0.25) is 0 Å². The second kappa shape index (κ2) is 7.51. The molecule has 1 aromatic carbocycles. The molecule has 118 valence electrons. The minimum Gasteiger partial charge on any atom is -0.396 e. The lowest BCUT2D eigenvalue weighted by molar-refractivity contribution is 0.181. The van der Waals surface area contributed by atoms with E-state index in [0.717, 1.165) is 24.2 Å². The molecule has 1 heterocycles. The normalized spacial score (nSPS) is 22.4. The number of hydrogen-bond donors (Lipinski definition) is 2. The fourth-order valence-corrected chi connectivity index (χ4v) is 3.17. The Morgan fingerprint density at radius 1 is 1.14 bits per heavy atom. The molecule has 22 heavy (non-hydrogen) atoms. The molecule has 2 N–H and O–H groups in total. The third-order valence-electron chi connectivity index (χ3n) is 4.47. The van der Waals surface area contributed by atoms with Crippen LogP contribution in [0.15, 0.2) is 36.5 Å². The highest BCUT2D eigenvalue weighted by atomic mass is 16.3. The summed E-state index contributed by atoms with van der Waals surface area (Å²) in [5, 5.41) is 22.0. The average molecular weight is 300 g/mol. The third-order valence-corrected chi connectivity index (χ3v) is 4.47. The van der Waals surface area contributed by atoms with Gasteiger partial charge in [-0.15, -0.1) is 0 Å². The fraction of sp³-hybridized carbons (Fsp3) is 0.529. The van der Waals surface area contributed by atoms with Crippen molar-refractivity contribution in [1.29, 1.82) is 0 Å². The van der Waals surface area contributed by atoms with Crippen molar-refractivity contribution in [3.8, 4) is 5.69 Å². The molecule has 0 spiro atoms. The van der Waals surface area contributed by atoms with Gasteiger partial charge in [-0.25, -0.2) is 0 Å². The van der Waals surface area contributed by atoms with Gasteiger partial charge in [-0.2, -0.15) is 15.0 Å². The van der Waals surface area contributed by atoms with Crippen molar-refractivity contribution < 1.29 is 5.11 Å². The van der Waals surface area contributed by atoms with Crippen LogP contribution in [0, 0.1) is 5.92 Å². The van der Waals surface area contributed by atoms with E-state index in [1.807, 2.05) is 36.5 Å². The van der Waals surface area contributed by atoms with Crippen LogP contribution >= 0.6 is 0 Å². The molecule has 0 bridgehead atoms. The first-order chi connectivity index (χ1) is 10.9. The summed E-state index contributed by atoms with van der Waals surface area (Å²) in [6, 6.07) is 10.3. The van der Waals surface area contributed by atoms with Gasteiger partial charge in [0.1, 0.15) is 0 Å². The van der Waals surface area contributed by atoms with E-state index in [-0.39, 0.29) is 6.61 Å². The Labute approximate surface area is 131 Å². The second-order valence-electron chi connectivity index (χ2n) is 6.03. The summed E-state index contributed by atoms with van der Waals surface area (Å²) >= 11 is 0. The van der Waals surface area contributed by atoms with E-state index in [2.05, 4.69) is 15.5 Å². The van der Waals surface area contributed by atoms with E-state index in [0.29, 0.717) is 18.5 Å². The van der Waals surface area contributed by atoms with Gasteiger partial charge in [0.2, 0.25) is 0 Å². The van der Waals surface area contributed by atoms with E-state index in [4.69, 9.17) is 0 Å². The predicted octanol–water partition coefficient (Wildman–Crippen LogP) is 2.30. The largest absolute Gasteiger partial charge is 0.396 e. The van der Waals surface area contributed by atoms with Gasteiger partial charge < -0.3 is 10.4 Å². The molecule has 3 rings (SSSR count). The summed E-state index contributed by atoms with van der Waals surface area (Å²) in [5.41, 5.74) is 1.90. The van der Waals surface area contributed by atoms with Crippen molar-refractivity contribution in [3.63, 3.8) is 0 Å². The number of para-hydroxylation sites is 1. The van der Waals surface area contributed by atoms with Gasteiger partial charge >= 0.3 is 0 Å². The van der Waals surface area contributed by atoms with Crippen LogP contribution in [-0.2, 0) is 6.54 Å². The monoisotopic (exact) mass is 300 g/mol. The topological polar surface area (TPSA) is 63.0 Å². The van der Waals surface area contributed by atoms with E-state index in [9.17, 15) is 5.11 Å². The molecule has 0 radical (unpaired) electrons. The molecule has 1 saturated carbocycles. The molecule has 0 amide bonds. The average Bonchev–Trinajstić information content (AvgIpc) is 2.92. The molecular formula is C17H24N4O. The molecule has 5 nitrogen and oxygen atoms in total. The van der Waals surface area contributed by atoms with Crippen LogP contribution in [0.4, 0.5) is 0 Å². The van der Waals surface area contributed by atoms with Crippen LogP contribution in [-0.4, -0.2) is 32.7 Å². The van der Waals surface area contributed by atoms with Crippen molar-refractivity contribution >= 4 is 0 Å². The Morgan fingerprint density at radius 3 is 2.77 bits per heavy atom. The molecule has 1 aliphatic rings. The zero-order chi connectivity index (χ0) is 15.2. The smallest absolute Gasteiger partial charge is 0.0969 e. The van der Waals surface area contributed by atoms with Gasteiger partial charge in [-0.1, -0.05) is 37.5 Å². The highest BCUT2D eigenvalue weighted by Gasteiger charge is 2.22. The maximum Gasteiger partial charge on any atom is 0.0969 e. The van der Waals surface area contributed by atoms with Gasteiger partial charge in [-0.05, 0) is 30.9 Å². The predicted molar refractivity (Wildman–Crippen MR) is 85.6 cm³/mol. The summed E-state index contributed by atoms with van der Waals surface area (Å²) in [6.07, 6.45) is 7.81. The number of hydrogen-bond acceptors (Lipinski definition) is 4. The summed E-state index contributed by atoms with van der Waals surface area (Å²) in [4.78, 5) is 1.66. The summed E-state index contributed by atoms with van der Waals surface area (Å²) < 4.78 is 0. The number of nitrogens with zero attached hydrogens (tertiary/aromatic N) is 3. The molecule has 1 aliphatic carbocycles. The highest BCUT2D eigenvalue weighted by Crippen LogP contribution is 2.23. The van der Waals surface area contributed by atoms with Gasteiger partial charge in [0.05, 0.1) is 17.6 Å². The summed E-state index contributed by atoms with van der Waals surface area (Å²) in [6.45, 7) is 0.975. The lowest BCUT2D eigenvalue weighted by Crippen LogP contribution is -2.37. The lowest BCUT2D eigenvalue weighted by Gasteiger charge is -2.24. The zero-order valence-electron chi connectivity index (χ0n) is 12.9. The Balaban J connectivity index is 1.60. The lowest BCUT2D eigenvalue weighted by atomic mass is 9.95. The molecule has 0 aliphatic heterocycles. The molecule has 1 fully saturated rings. The van der Waals surface area contributed by atoms with Crippen molar-refractivity contribution in [1.82, 2.24) is 20.3 Å². The SMILES string of the molecule is OCC1CCCCCC1NCc1cnn(-c2ccccc2)n1. The van der Waals surface area contributed by atoms with Gasteiger partial charge in [0.15, 0.2) is 0 Å². The van der Waals surface area contributed by atoms with E-state index >= 15 is 0 Å². The van der Waals surface area contributed by atoms with Gasteiger partial charge in [0, 0.05) is 19.2 Å². The van der Waals surface area contributed by atoms with Crippen LogP contribution in [0.1, 0.15) is 37.8 Å². The fourth-order valence-electron chi connectivity index (χ4n) is 3.17. The van der Waals surface area contributed by atoms with Crippen LogP contribution in [0.2, 0.25) is 0 Å². The third kappa shape index (κ3) is 3.72. The molecule has 5 heteroatoms. The summed E-state index contributed by atoms with van der Waals surface area (Å²) in [7, 11) is 0. The molecule has 0 saturated heterocycles. The number of aliphatic hydroxyl groups excluding tert-OH is 1. The number of aromatic nitrogens is 3. The molecule has 2 unspecified atom stereocenters. The van der Waals surface area contributed by atoms with Crippen molar-refractivity contribution in [2.75, 3.05) is 6.61 Å². The number of rotatable bonds is 5. The second-order valence-corrected chi connectivity index (χ2v) is 6.03. The minimum absolute atomic E-state index is 0.272. The quantitative estimate of drug-likeness (QED) is 0.832. The zero-order valence-corrected chi connectivity index (χ0v) is 12.9. The van der Waals surface area contributed by atoms with E-state index in [1.165, 1.54) is 19.3 Å². The maximum atomic E-state index is 9.56. The minimum atomic E-state index is 0.272. The van der Waals surface area contributed by atoms with Gasteiger partial charge in [0.25, 0.3) is 0 Å². The molecule has 2 atom stereocenters. The Bertz CT molecular complexity index is 569. The molecule has 2 aromatic rings. The number of aliphatic hydroxyl groups is 1. The van der Waals surface area contributed by atoms with E-state index < -0.39 is 0 Å². The molecular weight excluding hydrogens is 276 g/mol. The van der Waals surface area contributed by atoms with Crippen molar-refractivity contribution in [2.24, 2.45) is 5.92 Å².